The molecule has 1 N–H and O–H groups in total. The molecule has 5 nitrogen and oxygen atoms in total. The Hall–Kier alpha value is -1.88. The van der Waals surface area contributed by atoms with E-state index in [0.29, 0.717) is 23.6 Å². The molecule has 1 unspecified atom stereocenters. The highest BCUT2D eigenvalue weighted by molar-refractivity contribution is 6.32. The highest BCUT2D eigenvalue weighted by atomic mass is 35.5. The van der Waals surface area contributed by atoms with Gasteiger partial charge in [-0.05, 0) is 24.6 Å². The number of hydrogen-bond acceptors (Lipinski definition) is 3. The Morgan fingerprint density at radius 2 is 2.05 bits per heavy atom. The summed E-state index contributed by atoms with van der Waals surface area (Å²) >= 11 is 5.85. The van der Waals surface area contributed by atoms with Crippen LogP contribution in [0.1, 0.15) is 19.8 Å². The Bertz CT molecular complexity index is 544. The van der Waals surface area contributed by atoms with Crippen molar-refractivity contribution in [3.8, 4) is 0 Å². The normalized spacial score (nSPS) is 19.6. The van der Waals surface area contributed by atoms with Crippen LogP contribution in [0.4, 0.5) is 10.5 Å². The third kappa shape index (κ3) is 2.61. The van der Waals surface area contributed by atoms with Crippen LogP contribution in [0.3, 0.4) is 0 Å². The molecule has 0 aliphatic carbocycles. The van der Waals surface area contributed by atoms with Crippen LogP contribution in [-0.2, 0) is 9.59 Å². The molecule has 1 aromatic carbocycles. The number of imide groups is 2. The smallest absolute Gasteiger partial charge is 0.277 e. The predicted octanol–water partition coefficient (Wildman–Crippen LogP) is 2.34. The number of hydrogen-bond donors (Lipinski definition) is 1. The summed E-state index contributed by atoms with van der Waals surface area (Å²) in [5, 5.41) is 2.62. The van der Waals surface area contributed by atoms with E-state index in [1.165, 1.54) is 6.07 Å². The molecule has 0 spiro atoms. The lowest BCUT2D eigenvalue weighted by atomic mass is 9.99. The molecular formula is C13H13ClN2O3. The molecule has 1 heterocycles. The molecular weight excluding hydrogens is 268 g/mol. The zero-order valence-electron chi connectivity index (χ0n) is 10.4. The first-order valence-electron chi connectivity index (χ1n) is 5.99. The number of barbiturate groups is 1. The lowest BCUT2D eigenvalue weighted by molar-refractivity contribution is -0.134. The minimum atomic E-state index is -0.818. The van der Waals surface area contributed by atoms with E-state index < -0.39 is 23.8 Å². The summed E-state index contributed by atoms with van der Waals surface area (Å²) in [6, 6.07) is 5.67. The van der Waals surface area contributed by atoms with E-state index in [-0.39, 0.29) is 0 Å². The van der Waals surface area contributed by atoms with Crippen LogP contribution in [0.25, 0.3) is 0 Å². The molecule has 6 heteroatoms. The van der Waals surface area contributed by atoms with Crippen molar-refractivity contribution in [2.75, 3.05) is 4.90 Å². The van der Waals surface area contributed by atoms with Crippen LogP contribution >= 0.6 is 11.6 Å². The van der Waals surface area contributed by atoms with E-state index in [1.807, 2.05) is 6.92 Å². The molecule has 1 aliphatic heterocycles. The maximum Gasteiger partial charge on any atom is 0.335 e. The Labute approximate surface area is 115 Å². The Morgan fingerprint density at radius 3 is 2.68 bits per heavy atom. The second-order valence-corrected chi connectivity index (χ2v) is 4.73. The van der Waals surface area contributed by atoms with Crippen molar-refractivity contribution in [1.29, 1.82) is 0 Å². The Balaban J connectivity index is 2.36. The average molecular weight is 281 g/mol. The Morgan fingerprint density at radius 1 is 1.32 bits per heavy atom. The molecule has 19 heavy (non-hydrogen) atoms. The fourth-order valence-corrected chi connectivity index (χ4v) is 2.20. The van der Waals surface area contributed by atoms with Crippen molar-refractivity contribution >= 4 is 35.1 Å². The molecule has 0 bridgehead atoms. The number of benzene rings is 1. The van der Waals surface area contributed by atoms with Gasteiger partial charge in [-0.3, -0.25) is 14.9 Å². The fourth-order valence-electron chi connectivity index (χ4n) is 2.02. The van der Waals surface area contributed by atoms with E-state index in [1.54, 1.807) is 18.2 Å². The summed E-state index contributed by atoms with van der Waals surface area (Å²) in [5.74, 6) is -1.85. The Kier molecular flexibility index (Phi) is 3.85. The van der Waals surface area contributed by atoms with Gasteiger partial charge in [0.15, 0.2) is 0 Å². The van der Waals surface area contributed by atoms with E-state index >= 15 is 0 Å². The number of rotatable bonds is 3. The molecule has 4 amide bonds. The molecule has 0 saturated carbocycles. The van der Waals surface area contributed by atoms with Crippen LogP contribution < -0.4 is 10.2 Å². The first kappa shape index (κ1) is 13.5. The topological polar surface area (TPSA) is 66.5 Å². The van der Waals surface area contributed by atoms with Crippen molar-refractivity contribution in [1.82, 2.24) is 5.32 Å². The van der Waals surface area contributed by atoms with Crippen molar-refractivity contribution in [2.24, 2.45) is 5.92 Å². The van der Waals surface area contributed by atoms with Gasteiger partial charge in [-0.1, -0.05) is 31.0 Å². The van der Waals surface area contributed by atoms with Crippen LogP contribution in [-0.4, -0.2) is 17.8 Å². The molecule has 1 aliphatic rings. The standard InChI is InChI=1S/C13H13ClN2O3/c1-2-4-10-11(17)15-13(19)16(12(10)18)9-6-3-5-8(14)7-9/h3,5-7,10H,2,4H2,1H3,(H,15,17,19). The van der Waals surface area contributed by atoms with Gasteiger partial charge in [0.05, 0.1) is 5.69 Å². The van der Waals surface area contributed by atoms with Gasteiger partial charge < -0.3 is 0 Å². The maximum atomic E-state index is 12.2. The quantitative estimate of drug-likeness (QED) is 0.864. The van der Waals surface area contributed by atoms with Crippen molar-refractivity contribution < 1.29 is 14.4 Å². The van der Waals surface area contributed by atoms with Crippen molar-refractivity contribution in [3.05, 3.63) is 29.3 Å². The SMILES string of the molecule is CCCC1C(=O)NC(=O)N(c2cccc(Cl)c2)C1=O. The molecule has 1 aromatic rings. The lowest BCUT2D eigenvalue weighted by Gasteiger charge is -2.30. The minimum absolute atomic E-state index is 0.364. The molecule has 100 valence electrons. The summed E-state index contributed by atoms with van der Waals surface area (Å²) in [4.78, 5) is 36.7. The third-order valence-electron chi connectivity index (χ3n) is 2.91. The maximum absolute atomic E-state index is 12.2. The predicted molar refractivity (Wildman–Crippen MR) is 70.9 cm³/mol. The summed E-state index contributed by atoms with van der Waals surface area (Å²) in [6.45, 7) is 1.88. The number of nitrogens with zero attached hydrogens (tertiary/aromatic N) is 1. The summed E-state index contributed by atoms with van der Waals surface area (Å²) in [7, 11) is 0. The third-order valence-corrected chi connectivity index (χ3v) is 3.15. The zero-order chi connectivity index (χ0) is 14.0. The van der Waals surface area contributed by atoms with Crippen LogP contribution in [0.15, 0.2) is 24.3 Å². The van der Waals surface area contributed by atoms with Crippen LogP contribution in [0.2, 0.25) is 5.02 Å². The number of anilines is 1. The second kappa shape index (κ2) is 5.40. The number of carbonyl (C=O) groups is 3. The molecule has 1 atom stereocenters. The number of nitrogens with one attached hydrogen (secondary N) is 1. The highest BCUT2D eigenvalue weighted by Gasteiger charge is 2.40. The fraction of sp³-hybridized carbons (Fsp3) is 0.308. The average Bonchev–Trinajstić information content (AvgIpc) is 2.34. The van der Waals surface area contributed by atoms with Crippen molar-refractivity contribution in [2.45, 2.75) is 19.8 Å². The van der Waals surface area contributed by atoms with Gasteiger partial charge in [-0.2, -0.15) is 0 Å². The molecule has 2 rings (SSSR count). The van der Waals surface area contributed by atoms with Crippen molar-refractivity contribution in [3.63, 3.8) is 0 Å². The molecule has 1 fully saturated rings. The number of urea groups is 1. The first-order valence-corrected chi connectivity index (χ1v) is 6.36. The molecule has 0 aromatic heterocycles. The minimum Gasteiger partial charge on any atom is -0.277 e. The molecule has 0 radical (unpaired) electrons. The van der Waals surface area contributed by atoms with Gasteiger partial charge in [-0.25, -0.2) is 9.69 Å². The van der Waals surface area contributed by atoms with E-state index in [9.17, 15) is 14.4 Å². The molecule has 1 saturated heterocycles. The number of carbonyl (C=O) groups excluding carboxylic acids is 3. The van der Waals surface area contributed by atoms with Gasteiger partial charge >= 0.3 is 6.03 Å². The zero-order valence-corrected chi connectivity index (χ0v) is 11.1. The first-order chi connectivity index (χ1) is 9.04. The van der Waals surface area contributed by atoms with Crippen LogP contribution in [0, 0.1) is 5.92 Å². The number of halogens is 1. The highest BCUT2D eigenvalue weighted by Crippen LogP contribution is 2.25. The van der Waals surface area contributed by atoms with E-state index in [0.717, 1.165) is 4.90 Å². The largest absolute Gasteiger partial charge is 0.335 e. The van der Waals surface area contributed by atoms with Gasteiger partial charge in [-0.15, -0.1) is 0 Å². The van der Waals surface area contributed by atoms with Gasteiger partial charge in [0, 0.05) is 5.02 Å². The monoisotopic (exact) mass is 280 g/mol. The van der Waals surface area contributed by atoms with E-state index in [4.69, 9.17) is 11.6 Å². The summed E-state index contributed by atoms with van der Waals surface area (Å²) in [5.41, 5.74) is 0.364. The second-order valence-electron chi connectivity index (χ2n) is 4.29. The van der Waals surface area contributed by atoms with Crippen LogP contribution in [0.5, 0.6) is 0 Å². The van der Waals surface area contributed by atoms with Gasteiger partial charge in [0.25, 0.3) is 0 Å². The number of amides is 4. The summed E-state index contributed by atoms with van der Waals surface area (Å²) in [6.07, 6.45) is 1.09. The van der Waals surface area contributed by atoms with E-state index in [2.05, 4.69) is 5.32 Å². The summed E-state index contributed by atoms with van der Waals surface area (Å²) < 4.78 is 0. The van der Waals surface area contributed by atoms with Gasteiger partial charge in [0.1, 0.15) is 5.92 Å². The van der Waals surface area contributed by atoms with Gasteiger partial charge in [0.2, 0.25) is 11.8 Å². The lowest BCUT2D eigenvalue weighted by Crippen LogP contribution is -2.58.